The molecule has 0 unspecified atom stereocenters. The van der Waals surface area contributed by atoms with Gasteiger partial charge in [0, 0.05) is 5.69 Å². The minimum Gasteiger partial charge on any atom is -0.321 e. The number of rotatable bonds is 2. The Hall–Kier alpha value is -0.910. The molecule has 0 aliphatic heterocycles. The van der Waals surface area contributed by atoms with Gasteiger partial charge in [-0.2, -0.15) is 0 Å². The SMILES string of the molecule is Cc1cc(F)c(Br)cc1NC(=O)c1ccc(Cl)s1. The van der Waals surface area contributed by atoms with Gasteiger partial charge in [-0.1, -0.05) is 11.6 Å². The highest BCUT2D eigenvalue weighted by atomic mass is 79.9. The fourth-order valence-electron chi connectivity index (χ4n) is 1.40. The van der Waals surface area contributed by atoms with Crippen molar-refractivity contribution in [3.8, 4) is 0 Å². The third-order valence-corrected chi connectivity index (χ3v) is 4.15. The quantitative estimate of drug-likeness (QED) is 0.824. The Morgan fingerprint density at radius 1 is 1.44 bits per heavy atom. The number of benzene rings is 1. The van der Waals surface area contributed by atoms with E-state index in [0.29, 0.717) is 24.9 Å². The van der Waals surface area contributed by atoms with Gasteiger partial charge >= 0.3 is 0 Å². The van der Waals surface area contributed by atoms with Crippen LogP contribution in [-0.4, -0.2) is 5.91 Å². The number of hydrogen-bond donors (Lipinski definition) is 1. The molecule has 0 aliphatic carbocycles. The molecule has 18 heavy (non-hydrogen) atoms. The average Bonchev–Trinajstić information content (AvgIpc) is 2.73. The molecule has 0 saturated carbocycles. The van der Waals surface area contributed by atoms with Gasteiger partial charge in [0.25, 0.3) is 5.91 Å². The van der Waals surface area contributed by atoms with Crippen molar-refractivity contribution >= 4 is 50.5 Å². The summed E-state index contributed by atoms with van der Waals surface area (Å²) in [7, 11) is 0. The molecule has 0 bridgehead atoms. The van der Waals surface area contributed by atoms with Gasteiger partial charge in [-0.25, -0.2) is 4.39 Å². The maximum absolute atomic E-state index is 13.2. The fraction of sp³-hybridized carbons (Fsp3) is 0.0833. The third-order valence-electron chi connectivity index (χ3n) is 2.31. The molecule has 0 fully saturated rings. The molecule has 0 radical (unpaired) electrons. The van der Waals surface area contributed by atoms with Crippen LogP contribution in [-0.2, 0) is 0 Å². The first-order valence-corrected chi connectivity index (χ1v) is 6.98. The summed E-state index contributed by atoms with van der Waals surface area (Å²) in [6.07, 6.45) is 0. The molecule has 2 rings (SSSR count). The van der Waals surface area contributed by atoms with Gasteiger partial charge in [0.1, 0.15) is 5.82 Å². The zero-order chi connectivity index (χ0) is 13.3. The summed E-state index contributed by atoms with van der Waals surface area (Å²) in [5, 5.41) is 2.72. The van der Waals surface area contributed by atoms with Crippen LogP contribution < -0.4 is 5.32 Å². The van der Waals surface area contributed by atoms with E-state index >= 15 is 0 Å². The average molecular weight is 349 g/mol. The van der Waals surface area contributed by atoms with Crippen molar-refractivity contribution in [2.75, 3.05) is 5.32 Å². The molecule has 0 saturated heterocycles. The zero-order valence-corrected chi connectivity index (χ0v) is 12.4. The van der Waals surface area contributed by atoms with E-state index in [1.54, 1.807) is 19.1 Å². The lowest BCUT2D eigenvalue weighted by atomic mass is 10.2. The number of halogens is 3. The summed E-state index contributed by atoms with van der Waals surface area (Å²) in [5.74, 6) is -0.613. The Kier molecular flexibility index (Phi) is 4.04. The normalized spacial score (nSPS) is 10.4. The molecule has 94 valence electrons. The molecule has 1 heterocycles. The first kappa shape index (κ1) is 13.5. The fourth-order valence-corrected chi connectivity index (χ4v) is 2.68. The van der Waals surface area contributed by atoms with E-state index in [9.17, 15) is 9.18 Å². The second kappa shape index (κ2) is 5.38. The second-order valence-electron chi connectivity index (χ2n) is 3.64. The zero-order valence-electron chi connectivity index (χ0n) is 9.26. The van der Waals surface area contributed by atoms with Crippen LogP contribution in [0.4, 0.5) is 10.1 Å². The topological polar surface area (TPSA) is 29.1 Å². The highest BCUT2D eigenvalue weighted by molar-refractivity contribution is 9.10. The summed E-state index contributed by atoms with van der Waals surface area (Å²) in [6.45, 7) is 1.73. The predicted octanol–water partition coefficient (Wildman–Crippen LogP) is 4.86. The highest BCUT2D eigenvalue weighted by Crippen LogP contribution is 2.26. The van der Waals surface area contributed by atoms with Crippen molar-refractivity contribution in [3.05, 3.63) is 49.3 Å². The van der Waals surface area contributed by atoms with E-state index in [2.05, 4.69) is 21.2 Å². The molecule has 1 aromatic heterocycles. The standard InChI is InChI=1S/C12H8BrClFNOS/c1-6-4-8(15)7(13)5-9(6)16-12(17)10-2-3-11(14)18-10/h2-5H,1H3,(H,16,17). The smallest absolute Gasteiger partial charge is 0.265 e. The third kappa shape index (κ3) is 2.91. The summed E-state index contributed by atoms with van der Waals surface area (Å²) >= 11 is 10.0. The van der Waals surface area contributed by atoms with Crippen LogP contribution in [0.2, 0.25) is 4.34 Å². The van der Waals surface area contributed by atoms with Crippen molar-refractivity contribution in [2.45, 2.75) is 6.92 Å². The van der Waals surface area contributed by atoms with Crippen molar-refractivity contribution in [2.24, 2.45) is 0 Å². The van der Waals surface area contributed by atoms with Crippen LogP contribution in [0, 0.1) is 12.7 Å². The lowest BCUT2D eigenvalue weighted by molar-refractivity contribution is 0.103. The number of aryl methyl sites for hydroxylation is 1. The van der Waals surface area contributed by atoms with Crippen LogP contribution in [0.25, 0.3) is 0 Å². The maximum Gasteiger partial charge on any atom is 0.265 e. The Morgan fingerprint density at radius 3 is 2.78 bits per heavy atom. The molecule has 1 aromatic carbocycles. The number of carbonyl (C=O) groups excluding carboxylic acids is 1. The molecule has 2 nitrogen and oxygen atoms in total. The minimum absolute atomic E-state index is 0.256. The van der Waals surface area contributed by atoms with E-state index in [1.165, 1.54) is 23.5 Å². The number of nitrogens with one attached hydrogen (secondary N) is 1. The Morgan fingerprint density at radius 2 is 2.17 bits per heavy atom. The number of amides is 1. The molecule has 0 aliphatic rings. The molecular weight excluding hydrogens is 341 g/mol. The lowest BCUT2D eigenvalue weighted by Gasteiger charge is -2.08. The maximum atomic E-state index is 13.2. The predicted molar refractivity (Wildman–Crippen MR) is 76.1 cm³/mol. The van der Waals surface area contributed by atoms with Gasteiger partial charge in [-0.05, 0) is 52.7 Å². The van der Waals surface area contributed by atoms with Crippen molar-refractivity contribution in [1.82, 2.24) is 0 Å². The van der Waals surface area contributed by atoms with E-state index in [1.807, 2.05) is 0 Å². The van der Waals surface area contributed by atoms with Crippen LogP contribution in [0.1, 0.15) is 15.2 Å². The van der Waals surface area contributed by atoms with Gasteiger partial charge in [0.05, 0.1) is 13.7 Å². The number of carbonyl (C=O) groups is 1. The molecule has 2 aromatic rings. The Bertz CT molecular complexity index is 614. The molecule has 1 amide bonds. The largest absolute Gasteiger partial charge is 0.321 e. The van der Waals surface area contributed by atoms with Gasteiger partial charge < -0.3 is 5.32 Å². The van der Waals surface area contributed by atoms with Crippen LogP contribution in [0.3, 0.4) is 0 Å². The summed E-state index contributed by atoms with van der Waals surface area (Å²) < 4.78 is 14.1. The van der Waals surface area contributed by atoms with E-state index in [4.69, 9.17) is 11.6 Å². The van der Waals surface area contributed by atoms with Gasteiger partial charge in [0.15, 0.2) is 0 Å². The van der Waals surface area contributed by atoms with E-state index in [-0.39, 0.29) is 11.7 Å². The Balaban J connectivity index is 2.24. The molecule has 0 atom stereocenters. The van der Waals surface area contributed by atoms with Gasteiger partial charge in [0.2, 0.25) is 0 Å². The van der Waals surface area contributed by atoms with E-state index < -0.39 is 0 Å². The minimum atomic E-state index is -0.357. The van der Waals surface area contributed by atoms with Crippen LogP contribution in [0.5, 0.6) is 0 Å². The van der Waals surface area contributed by atoms with E-state index in [0.717, 1.165) is 0 Å². The number of thiophene rings is 1. The number of anilines is 1. The Labute approximate surface area is 121 Å². The molecule has 0 spiro atoms. The first-order valence-electron chi connectivity index (χ1n) is 4.99. The molecular formula is C12H8BrClFNOS. The summed E-state index contributed by atoms with van der Waals surface area (Å²) in [5.41, 5.74) is 1.23. The number of hydrogen-bond acceptors (Lipinski definition) is 2. The monoisotopic (exact) mass is 347 g/mol. The highest BCUT2D eigenvalue weighted by Gasteiger charge is 2.12. The molecule has 6 heteroatoms. The van der Waals surface area contributed by atoms with Crippen molar-refractivity contribution < 1.29 is 9.18 Å². The second-order valence-corrected chi connectivity index (χ2v) is 6.21. The summed E-state index contributed by atoms with van der Waals surface area (Å²) in [6, 6.07) is 6.21. The van der Waals surface area contributed by atoms with Crippen LogP contribution in [0.15, 0.2) is 28.7 Å². The molecule has 1 N–H and O–H groups in total. The first-order chi connectivity index (χ1) is 8.47. The lowest BCUT2D eigenvalue weighted by Crippen LogP contribution is -2.11. The van der Waals surface area contributed by atoms with Crippen molar-refractivity contribution in [1.29, 1.82) is 0 Å². The van der Waals surface area contributed by atoms with Crippen molar-refractivity contribution in [3.63, 3.8) is 0 Å². The van der Waals surface area contributed by atoms with Gasteiger partial charge in [-0.3, -0.25) is 4.79 Å². The van der Waals surface area contributed by atoms with Gasteiger partial charge in [-0.15, -0.1) is 11.3 Å². The summed E-state index contributed by atoms with van der Waals surface area (Å²) in [4.78, 5) is 12.4. The van der Waals surface area contributed by atoms with Crippen LogP contribution >= 0.6 is 38.9 Å².